The van der Waals surface area contributed by atoms with E-state index in [4.69, 9.17) is 9.47 Å². The third-order valence-electron chi connectivity index (χ3n) is 2.88. The minimum atomic E-state index is -1.50. The molecule has 18 heavy (non-hydrogen) atoms. The Hall–Kier alpha value is -0.280. The number of nitrogens with zero attached hydrogens (tertiary/aromatic N) is 1. The first-order valence-electron chi connectivity index (χ1n) is 5.98. The molecule has 0 unspecified atom stereocenters. The van der Waals surface area contributed by atoms with Crippen LogP contribution in [-0.4, -0.2) is 96.5 Å². The van der Waals surface area contributed by atoms with Crippen LogP contribution in [0.1, 0.15) is 0 Å². The second-order valence-electron chi connectivity index (χ2n) is 5.63. The van der Waals surface area contributed by atoms with Crippen LogP contribution in [-0.2, 0) is 9.47 Å². The molecule has 0 amide bonds. The van der Waals surface area contributed by atoms with Gasteiger partial charge in [-0.05, 0) is 0 Å². The summed E-state index contributed by atoms with van der Waals surface area (Å²) in [7, 11) is 6.08. The topological polar surface area (TPSA) is 99.4 Å². The molecule has 1 rings (SSSR count). The van der Waals surface area contributed by atoms with Crippen molar-refractivity contribution in [1.29, 1.82) is 0 Å². The van der Waals surface area contributed by atoms with Gasteiger partial charge in [-0.2, -0.15) is 0 Å². The Morgan fingerprint density at radius 2 is 1.61 bits per heavy atom. The monoisotopic (exact) mass is 266 g/mol. The number of hydrogen-bond donors (Lipinski definition) is 4. The summed E-state index contributed by atoms with van der Waals surface area (Å²) in [6, 6.07) is 0. The molecule has 5 atom stereocenters. The summed E-state index contributed by atoms with van der Waals surface area (Å²) in [5.41, 5.74) is 0. The lowest BCUT2D eigenvalue weighted by Gasteiger charge is -2.38. The lowest BCUT2D eigenvalue weighted by molar-refractivity contribution is -0.870. The van der Waals surface area contributed by atoms with Crippen molar-refractivity contribution in [1.82, 2.24) is 0 Å². The summed E-state index contributed by atoms with van der Waals surface area (Å²) in [5, 5.41) is 37.7. The molecule has 0 aliphatic carbocycles. The summed E-state index contributed by atoms with van der Waals surface area (Å²) in [4.78, 5) is 0. The van der Waals surface area contributed by atoms with Gasteiger partial charge in [0, 0.05) is 0 Å². The highest BCUT2D eigenvalue weighted by molar-refractivity contribution is 4.88. The predicted molar refractivity (Wildman–Crippen MR) is 62.6 cm³/mol. The predicted octanol–water partition coefficient (Wildman–Crippen LogP) is -2.49. The van der Waals surface area contributed by atoms with Gasteiger partial charge >= 0.3 is 0 Å². The van der Waals surface area contributed by atoms with Gasteiger partial charge in [-0.1, -0.05) is 0 Å². The van der Waals surface area contributed by atoms with Gasteiger partial charge in [-0.15, -0.1) is 0 Å². The lowest BCUT2D eigenvalue weighted by Crippen LogP contribution is -2.58. The molecule has 108 valence electrons. The maximum absolute atomic E-state index is 9.65. The van der Waals surface area contributed by atoms with E-state index >= 15 is 0 Å². The molecular formula is C11H24NO6+. The van der Waals surface area contributed by atoms with Crippen LogP contribution in [0.4, 0.5) is 0 Å². The molecule has 1 heterocycles. The van der Waals surface area contributed by atoms with Crippen molar-refractivity contribution in [2.75, 3.05) is 40.9 Å². The largest absolute Gasteiger partial charge is 0.387 e. The Morgan fingerprint density at radius 3 is 2.17 bits per heavy atom. The van der Waals surface area contributed by atoms with Gasteiger partial charge in [-0.25, -0.2) is 0 Å². The highest BCUT2D eigenvalue weighted by Crippen LogP contribution is 2.19. The summed E-state index contributed by atoms with van der Waals surface area (Å²) < 4.78 is 11.1. The Morgan fingerprint density at radius 1 is 1.00 bits per heavy atom. The van der Waals surface area contributed by atoms with Crippen LogP contribution in [0.25, 0.3) is 0 Å². The fourth-order valence-electron chi connectivity index (χ4n) is 1.61. The molecule has 1 aliphatic rings. The minimum Gasteiger partial charge on any atom is -0.387 e. The van der Waals surface area contributed by atoms with Gasteiger partial charge in [0.25, 0.3) is 0 Å². The van der Waals surface area contributed by atoms with Crippen molar-refractivity contribution in [2.45, 2.75) is 30.7 Å². The van der Waals surface area contributed by atoms with E-state index in [1.54, 1.807) is 0 Å². The quantitative estimate of drug-likeness (QED) is 0.324. The standard InChI is InChI=1S/C11H24NO6/c1-12(2,3)4-5-17-6-7-8(13)9(14)10(15)11(16)18-7/h7-11,13-16H,4-6H2,1-3H3/q+1/t7-,8-,9+,10-,11-/m1/s1. The normalized spacial score (nSPS) is 37.8. The molecule has 0 aromatic carbocycles. The van der Waals surface area contributed by atoms with E-state index in [1.807, 2.05) is 21.1 Å². The smallest absolute Gasteiger partial charge is 0.184 e. The summed E-state index contributed by atoms with van der Waals surface area (Å²) in [6.07, 6.45) is -6.54. The van der Waals surface area contributed by atoms with E-state index in [2.05, 4.69) is 0 Å². The van der Waals surface area contributed by atoms with E-state index in [0.717, 1.165) is 11.0 Å². The van der Waals surface area contributed by atoms with Crippen LogP contribution in [0, 0.1) is 0 Å². The molecule has 7 nitrogen and oxygen atoms in total. The van der Waals surface area contributed by atoms with Gasteiger partial charge < -0.3 is 34.4 Å². The molecule has 1 aliphatic heterocycles. The van der Waals surface area contributed by atoms with Gasteiger partial charge in [0.15, 0.2) is 6.29 Å². The Balaban J connectivity index is 2.34. The van der Waals surface area contributed by atoms with Gasteiger partial charge in [0.2, 0.25) is 0 Å². The highest BCUT2D eigenvalue weighted by atomic mass is 16.6. The van der Waals surface area contributed by atoms with Crippen LogP contribution in [0.2, 0.25) is 0 Å². The molecule has 0 aromatic rings. The van der Waals surface area contributed by atoms with Gasteiger partial charge in [0.05, 0.1) is 34.4 Å². The molecular weight excluding hydrogens is 242 g/mol. The zero-order valence-corrected chi connectivity index (χ0v) is 11.1. The molecule has 4 N–H and O–H groups in total. The number of likely N-dealkylation sites (N-methyl/N-ethyl adjacent to an activating group) is 1. The van der Waals surface area contributed by atoms with Crippen LogP contribution in [0.3, 0.4) is 0 Å². The molecule has 1 saturated heterocycles. The first kappa shape index (κ1) is 15.8. The van der Waals surface area contributed by atoms with E-state index in [0.29, 0.717) is 6.61 Å². The zero-order chi connectivity index (χ0) is 13.9. The SMILES string of the molecule is C[N+](C)(C)CCOC[C@H]1O[C@@H](O)[C@H](O)[C@@H](O)[C@@H]1O. The lowest BCUT2D eigenvalue weighted by atomic mass is 9.99. The van der Waals surface area contributed by atoms with Crippen LogP contribution in [0.15, 0.2) is 0 Å². The van der Waals surface area contributed by atoms with Crippen LogP contribution in [0.5, 0.6) is 0 Å². The number of aliphatic hydroxyl groups excluding tert-OH is 4. The number of quaternary nitrogens is 1. The van der Waals surface area contributed by atoms with Crippen molar-refractivity contribution in [3.8, 4) is 0 Å². The average Bonchev–Trinajstić information content (AvgIpc) is 2.26. The third kappa shape index (κ3) is 4.43. The summed E-state index contributed by atoms with van der Waals surface area (Å²) in [5.74, 6) is 0. The molecule has 0 radical (unpaired) electrons. The second-order valence-corrected chi connectivity index (χ2v) is 5.63. The number of rotatable bonds is 5. The van der Waals surface area contributed by atoms with Crippen LogP contribution >= 0.6 is 0 Å². The molecule has 7 heteroatoms. The second kappa shape index (κ2) is 6.25. The Labute approximate surface area is 107 Å². The highest BCUT2D eigenvalue weighted by Gasteiger charge is 2.42. The molecule has 0 saturated carbocycles. The maximum atomic E-state index is 9.65. The van der Waals surface area contributed by atoms with E-state index < -0.39 is 30.7 Å². The zero-order valence-electron chi connectivity index (χ0n) is 11.1. The Bertz CT molecular complexity index is 256. The van der Waals surface area contributed by atoms with Crippen molar-refractivity contribution >= 4 is 0 Å². The first-order chi connectivity index (χ1) is 8.22. The average molecular weight is 266 g/mol. The van der Waals surface area contributed by atoms with E-state index in [1.165, 1.54) is 0 Å². The fourth-order valence-corrected chi connectivity index (χ4v) is 1.61. The molecule has 0 spiro atoms. The minimum absolute atomic E-state index is 0.0575. The first-order valence-corrected chi connectivity index (χ1v) is 5.98. The molecule has 0 bridgehead atoms. The number of hydrogen-bond acceptors (Lipinski definition) is 6. The summed E-state index contributed by atoms with van der Waals surface area (Å²) >= 11 is 0. The number of aliphatic hydroxyl groups is 4. The molecule has 0 aromatic heterocycles. The van der Waals surface area contributed by atoms with Crippen molar-refractivity contribution in [3.05, 3.63) is 0 Å². The third-order valence-corrected chi connectivity index (χ3v) is 2.88. The van der Waals surface area contributed by atoms with E-state index in [9.17, 15) is 20.4 Å². The van der Waals surface area contributed by atoms with Crippen molar-refractivity contribution in [3.63, 3.8) is 0 Å². The van der Waals surface area contributed by atoms with E-state index in [-0.39, 0.29) is 6.61 Å². The fraction of sp³-hybridized carbons (Fsp3) is 1.00. The summed E-state index contributed by atoms with van der Waals surface area (Å²) in [6.45, 7) is 1.32. The Kier molecular flexibility index (Phi) is 5.47. The van der Waals surface area contributed by atoms with Crippen molar-refractivity contribution < 1.29 is 34.4 Å². The van der Waals surface area contributed by atoms with Gasteiger partial charge in [0.1, 0.15) is 31.0 Å². The molecule has 1 fully saturated rings. The van der Waals surface area contributed by atoms with Crippen molar-refractivity contribution in [2.24, 2.45) is 0 Å². The maximum Gasteiger partial charge on any atom is 0.184 e. The van der Waals surface area contributed by atoms with Gasteiger partial charge in [-0.3, -0.25) is 0 Å². The number of ether oxygens (including phenoxy) is 2. The van der Waals surface area contributed by atoms with Crippen LogP contribution < -0.4 is 0 Å².